The zero-order valence-corrected chi connectivity index (χ0v) is 20.4. The van der Waals surface area contributed by atoms with E-state index in [0.29, 0.717) is 17.3 Å². The molecule has 10 heteroatoms. The molecule has 0 fully saturated rings. The molecule has 0 aliphatic heterocycles. The second-order valence-electron chi connectivity index (χ2n) is 7.94. The Bertz CT molecular complexity index is 1080. The highest BCUT2D eigenvalue weighted by Crippen LogP contribution is 2.22. The van der Waals surface area contributed by atoms with Crippen LogP contribution in [0.4, 0.5) is 14.5 Å². The molecule has 0 aliphatic rings. The van der Waals surface area contributed by atoms with Crippen molar-refractivity contribution < 1.29 is 26.8 Å². The third kappa shape index (κ3) is 7.51. The van der Waals surface area contributed by atoms with Gasteiger partial charge in [0.2, 0.25) is 21.8 Å². The molecule has 0 spiro atoms. The van der Waals surface area contributed by atoms with Gasteiger partial charge in [-0.25, -0.2) is 17.2 Å². The van der Waals surface area contributed by atoms with E-state index in [1.807, 2.05) is 13.0 Å². The molecule has 7 nitrogen and oxygen atoms in total. The number of hydrogen-bond acceptors (Lipinski definition) is 4. The molecule has 1 N–H and O–H groups in total. The third-order valence-corrected chi connectivity index (χ3v) is 6.42. The number of carbonyl (C=O) groups is 2. The maximum Gasteiger partial charge on any atom is 0.244 e. The van der Waals surface area contributed by atoms with Gasteiger partial charge in [-0.05, 0) is 30.5 Å². The Morgan fingerprint density at radius 3 is 2.26 bits per heavy atom. The van der Waals surface area contributed by atoms with E-state index in [4.69, 9.17) is 0 Å². The lowest BCUT2D eigenvalue weighted by Crippen LogP contribution is -2.52. The van der Waals surface area contributed by atoms with E-state index in [-0.39, 0.29) is 18.1 Å². The molecule has 2 amide bonds. The number of nitrogens with one attached hydrogen (secondary N) is 1. The van der Waals surface area contributed by atoms with Crippen LogP contribution >= 0.6 is 0 Å². The van der Waals surface area contributed by atoms with Crippen LogP contribution in [0.25, 0.3) is 0 Å². The second-order valence-corrected chi connectivity index (χ2v) is 9.85. The molecular weight excluding hydrogens is 464 g/mol. The average molecular weight is 496 g/mol. The Hall–Kier alpha value is -3.01. The first kappa shape index (κ1) is 27.2. The van der Waals surface area contributed by atoms with Gasteiger partial charge >= 0.3 is 0 Å². The molecule has 34 heavy (non-hydrogen) atoms. The van der Waals surface area contributed by atoms with Crippen LogP contribution < -0.4 is 9.62 Å². The van der Waals surface area contributed by atoms with Crippen molar-refractivity contribution >= 4 is 27.5 Å². The van der Waals surface area contributed by atoms with Gasteiger partial charge in [-0.15, -0.1) is 0 Å². The monoisotopic (exact) mass is 495 g/mol. The molecule has 2 aromatic carbocycles. The van der Waals surface area contributed by atoms with Crippen molar-refractivity contribution in [2.24, 2.45) is 0 Å². The van der Waals surface area contributed by atoms with Crippen LogP contribution in [0.1, 0.15) is 38.7 Å². The molecule has 2 aromatic rings. The first-order valence-electron chi connectivity index (χ1n) is 11.1. The van der Waals surface area contributed by atoms with E-state index < -0.39 is 40.2 Å². The number of hydrogen-bond donors (Lipinski definition) is 1. The highest BCUT2D eigenvalue weighted by atomic mass is 32.2. The van der Waals surface area contributed by atoms with Gasteiger partial charge in [0.15, 0.2) is 11.6 Å². The van der Waals surface area contributed by atoms with Crippen LogP contribution in [0.5, 0.6) is 0 Å². The van der Waals surface area contributed by atoms with Crippen molar-refractivity contribution in [3.05, 3.63) is 65.7 Å². The normalized spacial score (nSPS) is 12.1. The molecule has 0 radical (unpaired) electrons. The summed E-state index contributed by atoms with van der Waals surface area (Å²) in [7, 11) is -4.02. The van der Waals surface area contributed by atoms with Crippen molar-refractivity contribution in [2.75, 3.05) is 23.7 Å². The summed E-state index contributed by atoms with van der Waals surface area (Å²) in [5, 5.41) is 2.83. The molecule has 2 rings (SSSR count). The van der Waals surface area contributed by atoms with Crippen molar-refractivity contribution in [2.45, 2.75) is 45.7 Å². The summed E-state index contributed by atoms with van der Waals surface area (Å²) in [5.74, 6) is -3.35. The summed E-state index contributed by atoms with van der Waals surface area (Å²) in [6, 6.07) is 10.8. The Morgan fingerprint density at radius 2 is 1.71 bits per heavy atom. The highest BCUT2D eigenvalue weighted by Gasteiger charge is 2.31. The number of nitrogens with zero attached hydrogens (tertiary/aromatic N) is 2. The lowest BCUT2D eigenvalue weighted by atomic mass is 10.1. The fourth-order valence-corrected chi connectivity index (χ4v) is 4.30. The molecule has 1 atom stereocenters. The van der Waals surface area contributed by atoms with Crippen LogP contribution in [0.3, 0.4) is 0 Å². The number of anilines is 1. The smallest absolute Gasteiger partial charge is 0.244 e. The molecule has 0 heterocycles. The third-order valence-electron chi connectivity index (χ3n) is 5.28. The van der Waals surface area contributed by atoms with E-state index in [1.165, 1.54) is 4.90 Å². The molecule has 0 aliphatic carbocycles. The average Bonchev–Trinajstić information content (AvgIpc) is 2.79. The molecule has 0 saturated carbocycles. The Labute approximate surface area is 199 Å². The fraction of sp³-hybridized carbons (Fsp3) is 0.417. The number of carbonyl (C=O) groups excluding carboxylic acids is 2. The number of benzene rings is 2. The molecular formula is C24H31F2N3O4S. The van der Waals surface area contributed by atoms with Gasteiger partial charge in [0, 0.05) is 19.2 Å². The van der Waals surface area contributed by atoms with Crippen LogP contribution in [-0.2, 0) is 26.2 Å². The number of sulfonamides is 1. The van der Waals surface area contributed by atoms with E-state index in [1.54, 1.807) is 31.2 Å². The summed E-state index contributed by atoms with van der Waals surface area (Å²) >= 11 is 0. The summed E-state index contributed by atoms with van der Waals surface area (Å²) in [5.41, 5.74) is 0.573. The summed E-state index contributed by atoms with van der Waals surface area (Å²) in [6.07, 6.45) is 2.85. The van der Waals surface area contributed by atoms with Crippen LogP contribution in [0.2, 0.25) is 0 Å². The predicted octanol–water partition coefficient (Wildman–Crippen LogP) is 3.45. The number of rotatable bonds is 12. The van der Waals surface area contributed by atoms with E-state index in [9.17, 15) is 26.8 Å². The minimum atomic E-state index is -4.02. The molecule has 0 aromatic heterocycles. The van der Waals surface area contributed by atoms with Crippen LogP contribution in [-0.4, -0.2) is 50.5 Å². The maximum absolute atomic E-state index is 13.8. The van der Waals surface area contributed by atoms with Gasteiger partial charge in [-0.2, -0.15) is 0 Å². The van der Waals surface area contributed by atoms with Gasteiger partial charge in [0.1, 0.15) is 12.6 Å². The maximum atomic E-state index is 13.8. The lowest BCUT2D eigenvalue weighted by Gasteiger charge is -2.33. The minimum Gasteiger partial charge on any atom is -0.354 e. The van der Waals surface area contributed by atoms with Gasteiger partial charge < -0.3 is 10.2 Å². The number of unbranched alkanes of at least 4 members (excludes halogenated alkanes) is 1. The Morgan fingerprint density at radius 1 is 1.03 bits per heavy atom. The number of amides is 2. The Kier molecular flexibility index (Phi) is 9.97. The standard InChI is InChI=1S/C24H31F2N3O4S/c1-4-6-14-27-24(31)22(5-2)28(16-18-10-8-7-9-11-18)23(30)17-29(34(3,32)33)19-12-13-20(25)21(26)15-19/h7-13,15,22H,4-6,14,16-17H2,1-3H3,(H,27,31)/t22-/m0/s1. The second kappa shape index (κ2) is 12.5. The zero-order chi connectivity index (χ0) is 25.3. The van der Waals surface area contributed by atoms with E-state index in [0.717, 1.165) is 42.9 Å². The largest absolute Gasteiger partial charge is 0.354 e. The highest BCUT2D eigenvalue weighted by molar-refractivity contribution is 7.92. The van der Waals surface area contributed by atoms with Crippen molar-refractivity contribution in [1.29, 1.82) is 0 Å². The van der Waals surface area contributed by atoms with Crippen LogP contribution in [0.15, 0.2) is 48.5 Å². The van der Waals surface area contributed by atoms with Gasteiger partial charge in [0.25, 0.3) is 0 Å². The topological polar surface area (TPSA) is 86.8 Å². The van der Waals surface area contributed by atoms with Gasteiger partial charge in [0.05, 0.1) is 11.9 Å². The molecule has 186 valence electrons. The fourth-order valence-electron chi connectivity index (χ4n) is 3.46. The van der Waals surface area contributed by atoms with Crippen molar-refractivity contribution in [1.82, 2.24) is 10.2 Å². The van der Waals surface area contributed by atoms with Crippen molar-refractivity contribution in [3.63, 3.8) is 0 Å². The van der Waals surface area contributed by atoms with Crippen LogP contribution in [0, 0.1) is 11.6 Å². The summed E-state index contributed by atoms with van der Waals surface area (Å²) in [6.45, 7) is 3.62. The summed E-state index contributed by atoms with van der Waals surface area (Å²) in [4.78, 5) is 27.7. The van der Waals surface area contributed by atoms with Gasteiger partial charge in [-0.3, -0.25) is 13.9 Å². The van der Waals surface area contributed by atoms with E-state index >= 15 is 0 Å². The molecule has 0 unspecified atom stereocenters. The van der Waals surface area contributed by atoms with Crippen molar-refractivity contribution in [3.8, 4) is 0 Å². The zero-order valence-electron chi connectivity index (χ0n) is 19.6. The SMILES string of the molecule is CCCCNC(=O)[C@H](CC)N(Cc1ccccc1)C(=O)CN(c1ccc(F)c(F)c1)S(C)(=O)=O. The minimum absolute atomic E-state index is 0.0781. The summed E-state index contributed by atoms with van der Waals surface area (Å²) < 4.78 is 52.8. The predicted molar refractivity (Wildman–Crippen MR) is 128 cm³/mol. The number of halogens is 2. The Balaban J connectivity index is 2.39. The first-order chi connectivity index (χ1) is 16.1. The lowest BCUT2D eigenvalue weighted by molar-refractivity contribution is -0.140. The quantitative estimate of drug-likeness (QED) is 0.457. The molecule has 0 saturated heterocycles. The van der Waals surface area contributed by atoms with Gasteiger partial charge in [-0.1, -0.05) is 50.6 Å². The van der Waals surface area contributed by atoms with E-state index in [2.05, 4.69) is 5.32 Å². The molecule has 0 bridgehead atoms. The first-order valence-corrected chi connectivity index (χ1v) is 13.0.